The lowest BCUT2D eigenvalue weighted by atomic mass is 9.99. The van der Waals surface area contributed by atoms with Crippen molar-refractivity contribution in [1.82, 2.24) is 39.2 Å². The third-order valence-electron chi connectivity index (χ3n) is 7.09. The van der Waals surface area contributed by atoms with E-state index in [1.165, 1.54) is 6.42 Å². The third kappa shape index (κ3) is 4.02. The zero-order valence-corrected chi connectivity index (χ0v) is 20.1. The molecule has 0 saturated carbocycles. The lowest BCUT2D eigenvalue weighted by molar-refractivity contribution is 0.0599. The molecule has 2 aliphatic heterocycles. The van der Waals surface area contributed by atoms with E-state index in [-0.39, 0.29) is 11.9 Å². The Balaban J connectivity index is 1.31. The van der Waals surface area contributed by atoms with Crippen molar-refractivity contribution in [3.05, 3.63) is 60.1 Å². The van der Waals surface area contributed by atoms with Crippen LogP contribution in [0.3, 0.4) is 0 Å². The fraction of sp³-hybridized carbons (Fsp3) is 0.440. The number of hydrogen-bond acceptors (Lipinski definition) is 7. The Bertz CT molecular complexity index is 1360. The quantitative estimate of drug-likeness (QED) is 0.451. The maximum Gasteiger partial charge on any atom is 0.273 e. The van der Waals surface area contributed by atoms with Gasteiger partial charge in [0.25, 0.3) is 5.91 Å². The summed E-state index contributed by atoms with van der Waals surface area (Å²) in [7, 11) is 0. The molecule has 2 atom stereocenters. The van der Waals surface area contributed by atoms with E-state index in [1.807, 2.05) is 27.6 Å². The summed E-state index contributed by atoms with van der Waals surface area (Å²) in [5.74, 6) is 2.26. The SMILES string of the molecule is Cc1cn2nc([C@@H]3CCCCN3C(=O)c3cccc(-n4cnnc4)n3)cc2nc1N1CC[C@H](C)C1. The Kier molecular flexibility index (Phi) is 5.43. The molecule has 0 bridgehead atoms. The first-order valence-corrected chi connectivity index (χ1v) is 12.3. The number of fused-ring (bicyclic) bond motifs is 1. The van der Waals surface area contributed by atoms with Crippen LogP contribution in [0, 0.1) is 12.8 Å². The van der Waals surface area contributed by atoms with Gasteiger partial charge in [0.05, 0.1) is 11.7 Å². The molecule has 10 nitrogen and oxygen atoms in total. The summed E-state index contributed by atoms with van der Waals surface area (Å²) in [6, 6.07) is 7.38. The molecular formula is C25H29N9O. The molecule has 35 heavy (non-hydrogen) atoms. The number of aryl methyl sites for hydroxylation is 1. The van der Waals surface area contributed by atoms with Crippen LogP contribution in [0.25, 0.3) is 11.5 Å². The van der Waals surface area contributed by atoms with E-state index in [9.17, 15) is 4.79 Å². The highest BCUT2D eigenvalue weighted by molar-refractivity contribution is 5.93. The Morgan fingerprint density at radius 2 is 1.91 bits per heavy atom. The van der Waals surface area contributed by atoms with Crippen LogP contribution in [0.15, 0.2) is 43.1 Å². The average molecular weight is 472 g/mol. The van der Waals surface area contributed by atoms with Crippen molar-refractivity contribution in [2.45, 2.75) is 45.6 Å². The van der Waals surface area contributed by atoms with Gasteiger partial charge in [-0.05, 0) is 50.7 Å². The summed E-state index contributed by atoms with van der Waals surface area (Å²) in [6.45, 7) is 7.14. The summed E-state index contributed by atoms with van der Waals surface area (Å²) >= 11 is 0. The highest BCUT2D eigenvalue weighted by Gasteiger charge is 2.32. The molecule has 10 heteroatoms. The fourth-order valence-electron chi connectivity index (χ4n) is 5.26. The van der Waals surface area contributed by atoms with Crippen LogP contribution < -0.4 is 4.90 Å². The first kappa shape index (κ1) is 21.7. The van der Waals surface area contributed by atoms with E-state index in [4.69, 9.17) is 10.1 Å². The van der Waals surface area contributed by atoms with Crippen molar-refractivity contribution >= 4 is 17.4 Å². The molecule has 0 aromatic carbocycles. The molecule has 0 aliphatic carbocycles. The number of nitrogens with zero attached hydrogens (tertiary/aromatic N) is 9. The molecule has 0 spiro atoms. The number of aromatic nitrogens is 7. The second kappa shape index (κ2) is 8.75. The van der Waals surface area contributed by atoms with Crippen molar-refractivity contribution in [3.8, 4) is 5.82 Å². The lowest BCUT2D eigenvalue weighted by Gasteiger charge is -2.34. The van der Waals surface area contributed by atoms with Gasteiger partial charge >= 0.3 is 0 Å². The van der Waals surface area contributed by atoms with E-state index in [0.29, 0.717) is 24.0 Å². The van der Waals surface area contributed by atoms with E-state index >= 15 is 0 Å². The Morgan fingerprint density at radius 3 is 2.71 bits per heavy atom. The van der Waals surface area contributed by atoms with Gasteiger partial charge in [0, 0.05) is 37.5 Å². The van der Waals surface area contributed by atoms with E-state index in [0.717, 1.165) is 55.1 Å². The fourth-order valence-corrected chi connectivity index (χ4v) is 5.26. The molecule has 2 aliphatic rings. The summed E-state index contributed by atoms with van der Waals surface area (Å²) in [4.78, 5) is 27.4. The Morgan fingerprint density at radius 1 is 1.06 bits per heavy atom. The van der Waals surface area contributed by atoms with E-state index in [2.05, 4.69) is 40.1 Å². The molecule has 0 N–H and O–H groups in total. The van der Waals surface area contributed by atoms with Gasteiger partial charge in [0.15, 0.2) is 5.65 Å². The van der Waals surface area contributed by atoms with Gasteiger partial charge in [0.2, 0.25) is 0 Å². The zero-order chi connectivity index (χ0) is 23.9. The molecular weight excluding hydrogens is 442 g/mol. The second-order valence-electron chi connectivity index (χ2n) is 9.72. The molecule has 0 radical (unpaired) electrons. The number of piperidine rings is 1. The minimum atomic E-state index is -0.103. The van der Waals surface area contributed by atoms with Crippen LogP contribution in [-0.2, 0) is 0 Å². The van der Waals surface area contributed by atoms with Crippen LogP contribution >= 0.6 is 0 Å². The minimum Gasteiger partial charge on any atom is -0.356 e. The minimum absolute atomic E-state index is 0.0856. The summed E-state index contributed by atoms with van der Waals surface area (Å²) < 4.78 is 3.55. The number of anilines is 1. The Hall–Kier alpha value is -3.82. The summed E-state index contributed by atoms with van der Waals surface area (Å²) in [6.07, 6.45) is 9.30. The Labute approximate surface area is 203 Å². The molecule has 180 valence electrons. The molecule has 4 aromatic rings. The van der Waals surface area contributed by atoms with Gasteiger partial charge in [-0.1, -0.05) is 13.0 Å². The molecule has 6 heterocycles. The van der Waals surface area contributed by atoms with E-state index in [1.54, 1.807) is 23.3 Å². The lowest BCUT2D eigenvalue weighted by Crippen LogP contribution is -2.39. The zero-order valence-electron chi connectivity index (χ0n) is 20.1. The standard InChI is InChI=1S/C25H29N9O/c1-17-9-11-31(13-17)24-18(2)14-34-23(29-24)12-20(30-34)21-7-3-4-10-33(21)25(35)19-6-5-8-22(28-19)32-15-26-27-16-32/h5-6,8,12,14-17,21H,3-4,7,9-11,13H2,1-2H3/t17-,21-/m0/s1. The molecule has 6 rings (SSSR count). The molecule has 2 saturated heterocycles. The summed E-state index contributed by atoms with van der Waals surface area (Å²) in [5.41, 5.74) is 3.23. The van der Waals surface area contributed by atoms with Crippen molar-refractivity contribution in [2.75, 3.05) is 24.5 Å². The molecule has 2 fully saturated rings. The van der Waals surface area contributed by atoms with Crippen LogP contribution in [-0.4, -0.2) is 64.8 Å². The van der Waals surface area contributed by atoms with E-state index < -0.39 is 0 Å². The third-order valence-corrected chi connectivity index (χ3v) is 7.09. The van der Waals surface area contributed by atoms with Crippen molar-refractivity contribution in [3.63, 3.8) is 0 Å². The number of carbonyl (C=O) groups excluding carboxylic acids is 1. The maximum absolute atomic E-state index is 13.6. The smallest absolute Gasteiger partial charge is 0.273 e. The highest BCUT2D eigenvalue weighted by Crippen LogP contribution is 2.33. The number of pyridine rings is 1. The second-order valence-corrected chi connectivity index (χ2v) is 9.72. The van der Waals surface area contributed by atoms with Gasteiger partial charge in [-0.2, -0.15) is 5.10 Å². The van der Waals surface area contributed by atoms with Crippen LogP contribution in [0.5, 0.6) is 0 Å². The average Bonchev–Trinajstić information content (AvgIpc) is 3.64. The first-order chi connectivity index (χ1) is 17.1. The van der Waals surface area contributed by atoms with Gasteiger partial charge in [-0.15, -0.1) is 10.2 Å². The van der Waals surface area contributed by atoms with Gasteiger partial charge in [-0.25, -0.2) is 14.5 Å². The number of hydrogen-bond donors (Lipinski definition) is 0. The number of likely N-dealkylation sites (tertiary alicyclic amines) is 1. The monoisotopic (exact) mass is 471 g/mol. The first-order valence-electron chi connectivity index (χ1n) is 12.3. The predicted octanol–water partition coefficient (Wildman–Crippen LogP) is 3.23. The van der Waals surface area contributed by atoms with Gasteiger partial charge < -0.3 is 9.80 Å². The van der Waals surface area contributed by atoms with Crippen molar-refractivity contribution < 1.29 is 4.79 Å². The van der Waals surface area contributed by atoms with Crippen LogP contribution in [0.2, 0.25) is 0 Å². The molecule has 0 unspecified atom stereocenters. The topological polar surface area (TPSA) is 97.3 Å². The van der Waals surface area contributed by atoms with Crippen molar-refractivity contribution in [1.29, 1.82) is 0 Å². The largest absolute Gasteiger partial charge is 0.356 e. The molecule has 1 amide bonds. The number of rotatable bonds is 4. The molecule has 4 aromatic heterocycles. The number of carbonyl (C=O) groups is 1. The predicted molar refractivity (Wildman–Crippen MR) is 131 cm³/mol. The highest BCUT2D eigenvalue weighted by atomic mass is 16.2. The van der Waals surface area contributed by atoms with Gasteiger partial charge in [-0.3, -0.25) is 9.36 Å². The maximum atomic E-state index is 13.6. The van der Waals surface area contributed by atoms with Crippen molar-refractivity contribution in [2.24, 2.45) is 5.92 Å². The van der Waals surface area contributed by atoms with Crippen LogP contribution in [0.4, 0.5) is 5.82 Å². The normalized spacial score (nSPS) is 20.6. The number of amides is 1. The van der Waals surface area contributed by atoms with Crippen LogP contribution in [0.1, 0.15) is 60.4 Å². The summed E-state index contributed by atoms with van der Waals surface area (Å²) in [5, 5.41) is 12.5. The van der Waals surface area contributed by atoms with Gasteiger partial charge in [0.1, 0.15) is 30.0 Å².